The maximum absolute atomic E-state index is 13.9. The highest BCUT2D eigenvalue weighted by molar-refractivity contribution is 7.30. The molecule has 15 heteroatoms. The highest BCUT2D eigenvalue weighted by Gasteiger charge is 2.53. The fourth-order valence-corrected chi connectivity index (χ4v) is 19.8. The zero-order chi connectivity index (χ0) is 64.8. The minimum atomic E-state index is -0.823. The van der Waals surface area contributed by atoms with Crippen LogP contribution in [-0.2, 0) is 10.8 Å². The summed E-state index contributed by atoms with van der Waals surface area (Å²) in [5.74, 6) is -0.512. The number of rotatable bonds is 8. The van der Waals surface area contributed by atoms with Gasteiger partial charge in [0.25, 0.3) is 0 Å². The normalized spacial score (nSPS) is 15.1. The molecule has 0 bridgehead atoms. The number of hydrogen-bond acceptors (Lipinski definition) is 15. The van der Waals surface area contributed by atoms with Crippen molar-refractivity contribution in [1.82, 2.24) is 19.9 Å². The van der Waals surface area contributed by atoms with Crippen molar-refractivity contribution >= 4 is 111 Å². The number of benzene rings is 8. The summed E-state index contributed by atoms with van der Waals surface area (Å²) in [5.41, 5.74) is 19.5. The van der Waals surface area contributed by atoms with Gasteiger partial charge in [-0.05, 0) is 136 Å². The molecule has 13 aromatic rings. The zero-order valence-electron chi connectivity index (χ0n) is 50.9. The number of thiophene rings is 1. The zero-order valence-corrected chi connectivity index (χ0v) is 55.0. The lowest BCUT2D eigenvalue weighted by atomic mass is 9.65. The maximum Gasteiger partial charge on any atom is 0.194 e. The Bertz CT molecular complexity index is 5730. The molecular weight excluding hydrogens is 1270 g/mol. The fourth-order valence-electron chi connectivity index (χ4n) is 14.5. The van der Waals surface area contributed by atoms with Gasteiger partial charge in [-0.2, -0.15) is 21.0 Å². The van der Waals surface area contributed by atoms with Gasteiger partial charge in [-0.15, -0.1) is 11.3 Å². The van der Waals surface area contributed by atoms with Crippen molar-refractivity contribution in [2.24, 2.45) is 0 Å². The van der Waals surface area contributed by atoms with Crippen LogP contribution < -0.4 is 0 Å². The third-order valence-electron chi connectivity index (χ3n) is 18.8. The Morgan fingerprint density at radius 1 is 0.379 bits per heavy atom. The number of thiazole rings is 4. The molecule has 4 aliphatic rings. The summed E-state index contributed by atoms with van der Waals surface area (Å²) in [6, 6.07) is 72.4. The molecule has 0 N–H and O–H groups in total. The Kier molecular flexibility index (Phi) is 13.2. The van der Waals surface area contributed by atoms with Crippen LogP contribution in [0.5, 0.6) is 0 Å². The predicted octanol–water partition coefficient (Wildman–Crippen LogP) is 19.3. The van der Waals surface area contributed by atoms with Crippen LogP contribution in [0.1, 0.15) is 109 Å². The van der Waals surface area contributed by atoms with Gasteiger partial charge in [0, 0.05) is 43.9 Å². The average Bonchev–Trinajstić information content (AvgIpc) is 1.50. The Labute approximate surface area is 565 Å². The summed E-state index contributed by atoms with van der Waals surface area (Å²) in [6.07, 6.45) is 3.38. The summed E-state index contributed by atoms with van der Waals surface area (Å²) in [4.78, 5) is 53.5. The summed E-state index contributed by atoms with van der Waals surface area (Å²) in [6.45, 7) is 8.52. The van der Waals surface area contributed by atoms with Crippen LogP contribution in [0.25, 0.3) is 84.6 Å². The number of carbonyl (C=O) groups excluding carboxylic acids is 2. The Morgan fingerprint density at radius 3 is 1.22 bits per heavy atom. The molecule has 95 heavy (non-hydrogen) atoms. The number of aromatic nitrogens is 4. The molecule has 0 aliphatic heterocycles. The molecule has 5 heterocycles. The Morgan fingerprint density at radius 2 is 0.768 bits per heavy atom. The van der Waals surface area contributed by atoms with Crippen molar-refractivity contribution in [2.75, 3.05) is 0 Å². The van der Waals surface area contributed by atoms with Gasteiger partial charge in [0.15, 0.2) is 30.9 Å². The van der Waals surface area contributed by atoms with Gasteiger partial charge in [0.2, 0.25) is 0 Å². The fraction of sp³-hybridized carbons (Fsp3) is 0.0750. The third kappa shape index (κ3) is 8.52. The first-order valence-corrected chi connectivity index (χ1v) is 34.5. The number of nitrogens with zero attached hydrogens (tertiary/aromatic N) is 8. The third-order valence-corrected chi connectivity index (χ3v) is 24.2. The van der Waals surface area contributed by atoms with E-state index in [2.05, 4.69) is 161 Å². The number of hydrogen-bond donors (Lipinski definition) is 0. The van der Waals surface area contributed by atoms with Gasteiger partial charge in [0.05, 0.1) is 15.7 Å². The van der Waals surface area contributed by atoms with Crippen LogP contribution in [0.15, 0.2) is 204 Å². The molecule has 5 aromatic heterocycles. The molecule has 0 saturated carbocycles. The lowest BCUT2D eigenvalue weighted by Crippen LogP contribution is -2.30. The van der Waals surface area contributed by atoms with E-state index < -0.39 is 10.8 Å². The van der Waals surface area contributed by atoms with E-state index in [-0.39, 0.29) is 33.9 Å². The smallest absolute Gasteiger partial charge is 0.194 e. The van der Waals surface area contributed by atoms with E-state index in [1.54, 1.807) is 72.0 Å². The SMILES string of the molecule is Cc1ccc(C2(c3ccc(C)cc3)c3cc(-c4nc5sc(/C=C6\C(=O)c7ccccc7C6=C(C#N)C#N)nc5s4)ccc3-c3cc4c(cc32)-c2sc(-c3nc5sc(/C=C6\C(=O)c7ccccc7C6=C(C#N)C#N)nc5s3)cc2C4(c2ccc(C)cc2)c2ccc(C)cc2)cc1. The van der Waals surface area contributed by atoms with E-state index in [0.717, 1.165) is 107 Å². The van der Waals surface area contributed by atoms with Crippen molar-refractivity contribution < 1.29 is 9.59 Å². The quantitative estimate of drug-likeness (QED) is 0.105. The average molecular weight is 1310 g/mol. The number of nitriles is 4. The molecular formula is C80H44N8O2S5. The minimum absolute atomic E-state index is 0.124. The van der Waals surface area contributed by atoms with Gasteiger partial charge in [-0.1, -0.05) is 225 Å². The van der Waals surface area contributed by atoms with Crippen molar-refractivity contribution in [2.45, 2.75) is 38.5 Å². The van der Waals surface area contributed by atoms with Crippen LogP contribution in [0.3, 0.4) is 0 Å². The topological polar surface area (TPSA) is 181 Å². The molecule has 0 amide bonds. The second-order valence-corrected chi connectivity index (χ2v) is 29.2. The second kappa shape index (κ2) is 21.7. The number of aryl methyl sites for hydroxylation is 4. The number of ketones is 2. The van der Waals surface area contributed by atoms with Crippen molar-refractivity contribution in [1.29, 1.82) is 21.0 Å². The molecule has 10 nitrogen and oxygen atoms in total. The van der Waals surface area contributed by atoms with Gasteiger partial charge in [-0.25, -0.2) is 19.9 Å². The van der Waals surface area contributed by atoms with E-state index >= 15 is 0 Å². The van der Waals surface area contributed by atoms with E-state index in [0.29, 0.717) is 53.1 Å². The van der Waals surface area contributed by atoms with Crippen molar-refractivity contribution in [3.8, 4) is 66.3 Å². The first-order valence-electron chi connectivity index (χ1n) is 30.4. The van der Waals surface area contributed by atoms with Gasteiger partial charge in [0.1, 0.15) is 55.5 Å². The molecule has 8 aromatic carbocycles. The van der Waals surface area contributed by atoms with Crippen LogP contribution in [0.2, 0.25) is 0 Å². The maximum atomic E-state index is 13.9. The molecule has 4 aliphatic carbocycles. The minimum Gasteiger partial charge on any atom is -0.289 e. The summed E-state index contributed by atoms with van der Waals surface area (Å²) in [5, 5.41) is 42.8. The predicted molar refractivity (Wildman–Crippen MR) is 380 cm³/mol. The molecule has 0 unspecified atom stereocenters. The lowest BCUT2D eigenvalue weighted by Gasteiger charge is -2.36. The van der Waals surface area contributed by atoms with Gasteiger partial charge in [-0.3, -0.25) is 9.59 Å². The Hall–Kier alpha value is -11.2. The molecule has 0 radical (unpaired) electrons. The first-order chi connectivity index (χ1) is 46.3. The first kappa shape index (κ1) is 57.6. The van der Waals surface area contributed by atoms with E-state index in [1.807, 2.05) is 24.3 Å². The summed E-state index contributed by atoms with van der Waals surface area (Å²) >= 11 is 7.49. The number of fused-ring (bicyclic) bond motifs is 10. The van der Waals surface area contributed by atoms with Gasteiger partial charge >= 0.3 is 0 Å². The Balaban J connectivity index is 0.847. The standard InChI is InChI=1S/C80H44N8O2S5/c1-41-13-22-48(23-14-41)79(49-24-15-42(2)16-25-49)61-31-45(73-87-77-75(94-73)85-66(92-77)34-59-68(46(37-81)38-82)53-9-5-7-11-55(53)70(59)89)21-30-52(61)57-32-63-58(33-62(57)79)72-64(80(63,50-26-17-43(3)18-27-50)51-28-19-44(4)20-29-51)36-65(91-72)74-88-78-76(95-74)86-67(93-78)35-60-69(47(39-83)40-84)54-10-6-8-12-56(54)71(60)90/h5-36H,1-4H3/b59-34-,60-35-. The number of Topliss-reactive ketones (excluding diaryl/α,β-unsaturated/α-hetero) is 2. The monoisotopic (exact) mass is 1310 g/mol. The molecule has 0 spiro atoms. The summed E-state index contributed by atoms with van der Waals surface area (Å²) < 4.78 is 0. The largest absolute Gasteiger partial charge is 0.289 e. The molecule has 0 fully saturated rings. The van der Waals surface area contributed by atoms with Crippen LogP contribution in [0, 0.1) is 73.0 Å². The van der Waals surface area contributed by atoms with Crippen LogP contribution in [-0.4, -0.2) is 31.5 Å². The van der Waals surface area contributed by atoms with Crippen molar-refractivity contribution in [3.63, 3.8) is 0 Å². The van der Waals surface area contributed by atoms with Gasteiger partial charge < -0.3 is 0 Å². The highest BCUT2D eigenvalue weighted by Crippen LogP contribution is 2.65. The number of carbonyl (C=O) groups is 2. The number of allylic oxidation sites excluding steroid dienone is 6. The van der Waals surface area contributed by atoms with Crippen molar-refractivity contribution in [3.05, 3.63) is 303 Å². The van der Waals surface area contributed by atoms with E-state index in [1.165, 1.54) is 56.5 Å². The molecule has 446 valence electrons. The van der Waals surface area contributed by atoms with Crippen LogP contribution >= 0.6 is 56.7 Å². The highest BCUT2D eigenvalue weighted by atomic mass is 32.1. The van der Waals surface area contributed by atoms with E-state index in [9.17, 15) is 30.6 Å². The molecule has 0 atom stereocenters. The lowest BCUT2D eigenvalue weighted by molar-refractivity contribution is 0.103. The molecule has 17 rings (SSSR count). The van der Waals surface area contributed by atoms with Crippen LogP contribution in [0.4, 0.5) is 0 Å². The van der Waals surface area contributed by atoms with E-state index in [4.69, 9.17) is 19.9 Å². The molecule has 0 saturated heterocycles. The second-order valence-electron chi connectivity index (χ2n) is 24.2. The summed E-state index contributed by atoms with van der Waals surface area (Å²) in [7, 11) is 0.